The van der Waals surface area contributed by atoms with Crippen LogP contribution < -0.4 is 16.0 Å². The van der Waals surface area contributed by atoms with Crippen LogP contribution in [-0.4, -0.2) is 37.0 Å². The third-order valence-corrected chi connectivity index (χ3v) is 4.68. The monoisotopic (exact) mass is 395 g/mol. The zero-order valence-electron chi connectivity index (χ0n) is 16.7. The van der Waals surface area contributed by atoms with Gasteiger partial charge in [-0.1, -0.05) is 19.1 Å². The number of nitrogens with one attached hydrogen (secondary N) is 4. The van der Waals surface area contributed by atoms with Crippen molar-refractivity contribution >= 4 is 28.5 Å². The average molecular weight is 395 g/mol. The molecular formula is C22H26FN5O. The fourth-order valence-electron chi connectivity index (χ4n) is 3.14. The van der Waals surface area contributed by atoms with Gasteiger partial charge in [0, 0.05) is 36.4 Å². The van der Waals surface area contributed by atoms with Crippen LogP contribution in [0.5, 0.6) is 0 Å². The van der Waals surface area contributed by atoms with Crippen LogP contribution in [0.1, 0.15) is 18.1 Å². The first-order valence-corrected chi connectivity index (χ1v) is 9.68. The van der Waals surface area contributed by atoms with Gasteiger partial charge in [0.25, 0.3) is 0 Å². The minimum atomic E-state index is -0.256. The molecule has 7 heteroatoms. The van der Waals surface area contributed by atoms with Crippen LogP contribution in [0.3, 0.4) is 0 Å². The van der Waals surface area contributed by atoms with Crippen molar-refractivity contribution < 1.29 is 9.18 Å². The molecule has 1 amide bonds. The molecular weight excluding hydrogens is 369 g/mol. The number of guanidine groups is 1. The Bertz CT molecular complexity index is 1010. The molecule has 0 unspecified atom stereocenters. The lowest BCUT2D eigenvalue weighted by molar-refractivity contribution is -0.115. The second kappa shape index (κ2) is 9.73. The lowest BCUT2D eigenvalue weighted by atomic mass is 10.1. The number of aromatic nitrogens is 1. The van der Waals surface area contributed by atoms with Crippen LogP contribution in [0.25, 0.3) is 10.9 Å². The van der Waals surface area contributed by atoms with Crippen molar-refractivity contribution in [3.8, 4) is 0 Å². The number of benzene rings is 2. The summed E-state index contributed by atoms with van der Waals surface area (Å²) in [6, 6.07) is 12.5. The van der Waals surface area contributed by atoms with E-state index in [4.69, 9.17) is 0 Å². The highest BCUT2D eigenvalue weighted by molar-refractivity contribution is 5.95. The molecule has 29 heavy (non-hydrogen) atoms. The number of fused-ring (bicyclic) bond motifs is 1. The standard InChI is InChI=1S/C22H26FN5O/c1-3-15-5-4-6-18(11-15)28-21(29)14-27-22(24-2)25-10-9-16-13-26-20-12-17(23)7-8-19(16)20/h4-8,11-13,26H,3,9-10,14H2,1-2H3,(H,28,29)(H2,24,25,27). The van der Waals surface area contributed by atoms with E-state index >= 15 is 0 Å². The second-order valence-corrected chi connectivity index (χ2v) is 6.71. The summed E-state index contributed by atoms with van der Waals surface area (Å²) in [5.74, 6) is 0.154. The van der Waals surface area contributed by atoms with Crippen molar-refractivity contribution in [2.75, 3.05) is 25.5 Å². The van der Waals surface area contributed by atoms with E-state index in [1.807, 2.05) is 30.5 Å². The summed E-state index contributed by atoms with van der Waals surface area (Å²) in [7, 11) is 1.66. The summed E-state index contributed by atoms with van der Waals surface area (Å²) in [6.07, 6.45) is 3.55. The quantitative estimate of drug-likeness (QED) is 0.366. The van der Waals surface area contributed by atoms with E-state index in [1.54, 1.807) is 13.1 Å². The van der Waals surface area contributed by atoms with Gasteiger partial charge >= 0.3 is 0 Å². The van der Waals surface area contributed by atoms with E-state index < -0.39 is 0 Å². The van der Waals surface area contributed by atoms with Gasteiger partial charge in [0.15, 0.2) is 5.96 Å². The van der Waals surface area contributed by atoms with Gasteiger partial charge < -0.3 is 20.9 Å². The molecule has 6 nitrogen and oxygen atoms in total. The van der Waals surface area contributed by atoms with Gasteiger partial charge in [-0.2, -0.15) is 0 Å². The highest BCUT2D eigenvalue weighted by atomic mass is 19.1. The van der Waals surface area contributed by atoms with Gasteiger partial charge in [-0.05, 0) is 54.3 Å². The molecule has 0 fully saturated rings. The highest BCUT2D eigenvalue weighted by Crippen LogP contribution is 2.19. The molecule has 3 rings (SSSR count). The number of hydrogen-bond donors (Lipinski definition) is 4. The zero-order valence-corrected chi connectivity index (χ0v) is 16.7. The number of carbonyl (C=O) groups is 1. The van der Waals surface area contributed by atoms with Crippen LogP contribution in [0.15, 0.2) is 53.7 Å². The number of aromatic amines is 1. The lowest BCUT2D eigenvalue weighted by Crippen LogP contribution is -2.42. The Kier molecular flexibility index (Phi) is 6.84. The predicted octanol–water partition coefficient (Wildman–Crippen LogP) is 3.22. The van der Waals surface area contributed by atoms with Gasteiger partial charge in [-0.15, -0.1) is 0 Å². The van der Waals surface area contributed by atoms with Crippen molar-refractivity contribution in [1.82, 2.24) is 15.6 Å². The smallest absolute Gasteiger partial charge is 0.243 e. The molecule has 0 saturated heterocycles. The molecule has 0 radical (unpaired) electrons. The molecule has 1 heterocycles. The van der Waals surface area contributed by atoms with Gasteiger partial charge in [-0.25, -0.2) is 4.39 Å². The molecule has 0 saturated carbocycles. The largest absolute Gasteiger partial charge is 0.361 e. The van der Waals surface area contributed by atoms with E-state index in [0.29, 0.717) is 12.5 Å². The summed E-state index contributed by atoms with van der Waals surface area (Å²) >= 11 is 0. The average Bonchev–Trinajstić information content (AvgIpc) is 3.12. The molecule has 2 aromatic carbocycles. The number of rotatable bonds is 7. The van der Waals surface area contributed by atoms with Crippen LogP contribution in [0, 0.1) is 5.82 Å². The summed E-state index contributed by atoms with van der Waals surface area (Å²) < 4.78 is 13.3. The van der Waals surface area contributed by atoms with E-state index in [-0.39, 0.29) is 18.3 Å². The van der Waals surface area contributed by atoms with Gasteiger partial charge in [0.2, 0.25) is 5.91 Å². The van der Waals surface area contributed by atoms with Crippen LogP contribution >= 0.6 is 0 Å². The second-order valence-electron chi connectivity index (χ2n) is 6.71. The summed E-state index contributed by atoms with van der Waals surface area (Å²) in [5, 5.41) is 10.1. The van der Waals surface area contributed by atoms with Crippen molar-refractivity contribution in [1.29, 1.82) is 0 Å². The van der Waals surface area contributed by atoms with Crippen molar-refractivity contribution in [2.24, 2.45) is 4.99 Å². The van der Waals surface area contributed by atoms with Crippen molar-refractivity contribution in [2.45, 2.75) is 19.8 Å². The molecule has 0 spiro atoms. The van der Waals surface area contributed by atoms with Crippen LogP contribution in [0.2, 0.25) is 0 Å². The molecule has 0 aliphatic rings. The number of hydrogen-bond acceptors (Lipinski definition) is 2. The molecule has 3 aromatic rings. The number of carbonyl (C=O) groups excluding carboxylic acids is 1. The summed E-state index contributed by atoms with van der Waals surface area (Å²) in [6.45, 7) is 2.82. The highest BCUT2D eigenvalue weighted by Gasteiger charge is 2.07. The zero-order chi connectivity index (χ0) is 20.6. The van der Waals surface area contributed by atoms with Gasteiger partial charge in [0.05, 0.1) is 6.54 Å². The number of anilines is 1. The lowest BCUT2D eigenvalue weighted by Gasteiger charge is -2.12. The normalized spacial score (nSPS) is 11.5. The number of aryl methyl sites for hydroxylation is 1. The maximum atomic E-state index is 13.3. The predicted molar refractivity (Wildman–Crippen MR) is 116 cm³/mol. The SMILES string of the molecule is CCc1cccc(NC(=O)CNC(=NC)NCCc2c[nH]c3cc(F)ccc23)c1. The maximum absolute atomic E-state index is 13.3. The van der Waals surface area contributed by atoms with Crippen LogP contribution in [-0.2, 0) is 17.6 Å². The minimum Gasteiger partial charge on any atom is -0.361 e. The summed E-state index contributed by atoms with van der Waals surface area (Å²) in [4.78, 5) is 19.4. The minimum absolute atomic E-state index is 0.113. The molecule has 0 bridgehead atoms. The number of H-pyrrole nitrogens is 1. The van der Waals surface area contributed by atoms with Crippen molar-refractivity contribution in [3.63, 3.8) is 0 Å². The Hall–Kier alpha value is -3.35. The summed E-state index contributed by atoms with van der Waals surface area (Å²) in [5.41, 5.74) is 3.84. The first kappa shape index (κ1) is 20.4. The Morgan fingerprint density at radius 2 is 2.03 bits per heavy atom. The van der Waals surface area contributed by atoms with E-state index in [0.717, 1.165) is 35.0 Å². The first-order valence-electron chi connectivity index (χ1n) is 9.68. The third kappa shape index (κ3) is 5.57. The molecule has 152 valence electrons. The maximum Gasteiger partial charge on any atom is 0.243 e. The molecule has 4 N–H and O–H groups in total. The molecule has 0 aliphatic carbocycles. The first-order chi connectivity index (χ1) is 14.1. The third-order valence-electron chi connectivity index (χ3n) is 4.68. The van der Waals surface area contributed by atoms with Crippen molar-refractivity contribution in [3.05, 3.63) is 65.6 Å². The number of halogens is 1. The number of amides is 1. The van der Waals surface area contributed by atoms with E-state index in [1.165, 1.54) is 17.7 Å². The van der Waals surface area contributed by atoms with E-state index in [9.17, 15) is 9.18 Å². The van der Waals surface area contributed by atoms with E-state index in [2.05, 4.69) is 32.9 Å². The molecule has 0 atom stereocenters. The fraction of sp³-hybridized carbons (Fsp3) is 0.273. The van der Waals surface area contributed by atoms with Gasteiger partial charge in [-0.3, -0.25) is 9.79 Å². The Morgan fingerprint density at radius 3 is 2.83 bits per heavy atom. The fourth-order valence-corrected chi connectivity index (χ4v) is 3.14. The number of aliphatic imine (C=N–C) groups is 1. The topological polar surface area (TPSA) is 81.3 Å². The Morgan fingerprint density at radius 1 is 1.17 bits per heavy atom. The molecule has 1 aromatic heterocycles. The Balaban J connectivity index is 1.45. The molecule has 0 aliphatic heterocycles. The van der Waals surface area contributed by atoms with Crippen LogP contribution in [0.4, 0.5) is 10.1 Å². The van der Waals surface area contributed by atoms with Gasteiger partial charge in [0.1, 0.15) is 5.82 Å². The number of nitrogens with zero attached hydrogens (tertiary/aromatic N) is 1. The Labute approximate surface area is 169 Å².